The van der Waals surface area contributed by atoms with Gasteiger partial charge in [-0.25, -0.2) is 4.98 Å². The molecule has 0 spiro atoms. The van der Waals surface area contributed by atoms with E-state index in [1.807, 2.05) is 37.3 Å². The first-order valence-corrected chi connectivity index (χ1v) is 11.5. The Bertz CT molecular complexity index is 1390. The van der Waals surface area contributed by atoms with Gasteiger partial charge in [0.15, 0.2) is 0 Å². The molecule has 34 heavy (non-hydrogen) atoms. The Morgan fingerprint density at radius 2 is 2.18 bits per heavy atom. The Hall–Kier alpha value is -3.83. The molecule has 0 saturated carbocycles. The summed E-state index contributed by atoms with van der Waals surface area (Å²) in [6.07, 6.45) is 5.38. The van der Waals surface area contributed by atoms with Gasteiger partial charge < -0.3 is 14.6 Å². The summed E-state index contributed by atoms with van der Waals surface area (Å²) in [6.45, 7) is 4.64. The first kappa shape index (κ1) is 22.0. The number of hydrogen-bond donors (Lipinski definition) is 1. The molecule has 4 heterocycles. The highest BCUT2D eigenvalue weighted by Crippen LogP contribution is 2.34. The minimum absolute atomic E-state index is 0.116. The first-order chi connectivity index (χ1) is 16.5. The number of rotatable bonds is 5. The lowest BCUT2D eigenvalue weighted by atomic mass is 10.0. The summed E-state index contributed by atoms with van der Waals surface area (Å²) in [4.78, 5) is 26.8. The van der Waals surface area contributed by atoms with Crippen molar-refractivity contribution in [2.24, 2.45) is 0 Å². The minimum Gasteiger partial charge on any atom is -0.378 e. The third kappa shape index (κ3) is 4.22. The molecule has 0 bridgehead atoms. The average Bonchev–Trinajstić information content (AvgIpc) is 3.22. The van der Waals surface area contributed by atoms with Crippen LogP contribution < -0.4 is 5.32 Å². The fraction of sp³-hybridized carbons (Fsp3) is 0.346. The van der Waals surface area contributed by atoms with Crippen LogP contribution >= 0.6 is 0 Å². The Labute approximate surface area is 197 Å². The molecule has 1 aromatic carbocycles. The number of aromatic nitrogens is 4. The first-order valence-electron chi connectivity index (χ1n) is 11.5. The van der Waals surface area contributed by atoms with Crippen LogP contribution in [0.25, 0.3) is 21.9 Å². The summed E-state index contributed by atoms with van der Waals surface area (Å²) in [6, 6.07) is 13.3. The quantitative estimate of drug-likeness (QED) is 0.488. The van der Waals surface area contributed by atoms with Gasteiger partial charge in [-0.1, -0.05) is 6.07 Å². The Kier molecular flexibility index (Phi) is 5.95. The van der Waals surface area contributed by atoms with Gasteiger partial charge in [0, 0.05) is 24.2 Å². The molecule has 172 valence electrons. The molecular formula is C26H26N6O2. The van der Waals surface area contributed by atoms with Crippen molar-refractivity contribution in [2.75, 3.05) is 6.61 Å². The van der Waals surface area contributed by atoms with Crippen molar-refractivity contribution in [1.82, 2.24) is 24.8 Å². The molecule has 1 aliphatic heterocycles. The fourth-order valence-corrected chi connectivity index (χ4v) is 4.76. The zero-order chi connectivity index (χ0) is 23.7. The lowest BCUT2D eigenvalue weighted by molar-refractivity contribution is -0.121. The smallest absolute Gasteiger partial charge is 0.228 e. The van der Waals surface area contributed by atoms with E-state index in [9.17, 15) is 10.1 Å². The van der Waals surface area contributed by atoms with Crippen LogP contribution in [0, 0.1) is 11.3 Å². The molecule has 1 aliphatic rings. The Morgan fingerprint density at radius 3 is 2.94 bits per heavy atom. The molecule has 3 aromatic heterocycles. The number of hydrogen-bond acceptors (Lipinski definition) is 6. The largest absolute Gasteiger partial charge is 0.378 e. The second-order valence-electron chi connectivity index (χ2n) is 8.81. The monoisotopic (exact) mass is 454 g/mol. The van der Waals surface area contributed by atoms with E-state index in [1.165, 1.54) is 0 Å². The highest BCUT2D eigenvalue weighted by atomic mass is 16.5. The summed E-state index contributed by atoms with van der Waals surface area (Å²) >= 11 is 0. The van der Waals surface area contributed by atoms with Crippen molar-refractivity contribution in [3.63, 3.8) is 0 Å². The molecule has 5 rings (SSSR count). The number of carbonyl (C=O) groups is 1. The molecule has 0 unspecified atom stereocenters. The number of carbonyl (C=O) groups excluding carboxylic acids is 1. The topological polar surface area (TPSA) is 106 Å². The number of ether oxygens (including phenoxy) is 1. The van der Waals surface area contributed by atoms with E-state index >= 15 is 0 Å². The maximum atomic E-state index is 13.1. The van der Waals surface area contributed by atoms with E-state index in [1.54, 1.807) is 18.5 Å². The van der Waals surface area contributed by atoms with Gasteiger partial charge in [0.05, 0.1) is 53.1 Å². The van der Waals surface area contributed by atoms with Crippen LogP contribution in [-0.2, 0) is 16.0 Å². The van der Waals surface area contributed by atoms with Crippen LogP contribution in [0.2, 0.25) is 0 Å². The van der Waals surface area contributed by atoms with Gasteiger partial charge in [0.25, 0.3) is 0 Å². The molecule has 1 fully saturated rings. The van der Waals surface area contributed by atoms with Crippen LogP contribution in [0.4, 0.5) is 0 Å². The van der Waals surface area contributed by atoms with Crippen molar-refractivity contribution in [3.8, 4) is 6.07 Å². The lowest BCUT2D eigenvalue weighted by Crippen LogP contribution is -2.31. The molecule has 0 radical (unpaired) electrons. The Morgan fingerprint density at radius 1 is 1.29 bits per heavy atom. The number of benzene rings is 1. The van der Waals surface area contributed by atoms with E-state index in [4.69, 9.17) is 9.72 Å². The lowest BCUT2D eigenvalue weighted by Gasteiger charge is -2.30. The number of amides is 1. The van der Waals surface area contributed by atoms with Crippen molar-refractivity contribution >= 4 is 27.8 Å². The summed E-state index contributed by atoms with van der Waals surface area (Å²) < 4.78 is 7.97. The molecule has 4 aromatic rings. The summed E-state index contributed by atoms with van der Waals surface area (Å²) in [5.41, 5.74) is 3.82. The highest BCUT2D eigenvalue weighted by Gasteiger charge is 2.27. The average molecular weight is 455 g/mol. The van der Waals surface area contributed by atoms with Crippen LogP contribution in [0.5, 0.6) is 0 Å². The van der Waals surface area contributed by atoms with Crippen molar-refractivity contribution in [3.05, 3.63) is 65.9 Å². The van der Waals surface area contributed by atoms with Crippen LogP contribution in [0.1, 0.15) is 55.9 Å². The molecule has 1 amide bonds. The number of nitrogens with zero attached hydrogens (tertiary/aromatic N) is 5. The van der Waals surface area contributed by atoms with Gasteiger partial charge in [-0.3, -0.25) is 14.8 Å². The van der Waals surface area contributed by atoms with E-state index in [-0.39, 0.29) is 30.5 Å². The SMILES string of the molecule is C[C@@H]1C[C@H](n2c(CC(=O)N[C@H](C)c3ccccn3)nc3cnc4ccc(C#N)cc4c32)CCO1. The van der Waals surface area contributed by atoms with Crippen LogP contribution in [-0.4, -0.2) is 38.1 Å². The summed E-state index contributed by atoms with van der Waals surface area (Å²) in [5, 5.41) is 13.4. The number of nitriles is 1. The third-order valence-electron chi connectivity index (χ3n) is 6.37. The molecule has 8 heteroatoms. The van der Waals surface area contributed by atoms with Crippen LogP contribution in [0.3, 0.4) is 0 Å². The number of fused-ring (bicyclic) bond motifs is 3. The van der Waals surface area contributed by atoms with E-state index in [0.717, 1.165) is 40.5 Å². The maximum Gasteiger partial charge on any atom is 0.228 e. The minimum atomic E-state index is -0.213. The van der Waals surface area contributed by atoms with Gasteiger partial charge >= 0.3 is 0 Å². The van der Waals surface area contributed by atoms with E-state index < -0.39 is 0 Å². The van der Waals surface area contributed by atoms with E-state index in [2.05, 4.69) is 32.8 Å². The normalized spacial score (nSPS) is 19.1. The zero-order valence-corrected chi connectivity index (χ0v) is 19.2. The third-order valence-corrected chi connectivity index (χ3v) is 6.37. The van der Waals surface area contributed by atoms with Gasteiger partial charge in [0.1, 0.15) is 11.3 Å². The predicted molar refractivity (Wildman–Crippen MR) is 128 cm³/mol. The van der Waals surface area contributed by atoms with Crippen LogP contribution in [0.15, 0.2) is 48.8 Å². The van der Waals surface area contributed by atoms with Crippen molar-refractivity contribution in [2.45, 2.75) is 51.3 Å². The predicted octanol–water partition coefficient (Wildman–Crippen LogP) is 4.01. The summed E-state index contributed by atoms with van der Waals surface area (Å²) in [7, 11) is 0. The summed E-state index contributed by atoms with van der Waals surface area (Å²) in [5.74, 6) is 0.571. The van der Waals surface area contributed by atoms with Gasteiger partial charge in [-0.05, 0) is 57.0 Å². The second-order valence-corrected chi connectivity index (χ2v) is 8.81. The molecule has 3 atom stereocenters. The fourth-order valence-electron chi connectivity index (χ4n) is 4.76. The number of nitrogens with one attached hydrogen (secondary N) is 1. The zero-order valence-electron chi connectivity index (χ0n) is 19.2. The number of imidazole rings is 1. The molecular weight excluding hydrogens is 428 g/mol. The van der Waals surface area contributed by atoms with Gasteiger partial charge in [-0.2, -0.15) is 5.26 Å². The maximum absolute atomic E-state index is 13.1. The molecule has 1 saturated heterocycles. The molecule has 8 nitrogen and oxygen atoms in total. The van der Waals surface area contributed by atoms with Crippen molar-refractivity contribution in [1.29, 1.82) is 5.26 Å². The molecule has 1 N–H and O–H groups in total. The van der Waals surface area contributed by atoms with E-state index in [0.29, 0.717) is 18.0 Å². The van der Waals surface area contributed by atoms with Crippen molar-refractivity contribution < 1.29 is 9.53 Å². The Balaban J connectivity index is 1.56. The standard InChI is InChI=1S/C26H26N6O2/c1-16-11-19(8-10-34-16)32-24(13-25(33)30-17(2)21-5-3-4-9-28-21)31-23-15-29-22-7-6-18(14-27)12-20(22)26(23)32/h3-7,9,12,15-17,19H,8,10-11,13H2,1-2H3,(H,30,33)/t16-,17-,19-/m1/s1. The molecule has 0 aliphatic carbocycles. The highest BCUT2D eigenvalue weighted by molar-refractivity contribution is 6.03. The number of pyridine rings is 2. The van der Waals surface area contributed by atoms with Gasteiger partial charge in [0.2, 0.25) is 5.91 Å². The second kappa shape index (κ2) is 9.20. The van der Waals surface area contributed by atoms with Gasteiger partial charge in [-0.15, -0.1) is 0 Å².